The van der Waals surface area contributed by atoms with Gasteiger partial charge < -0.3 is 34.3 Å². The number of nitrogens with one attached hydrogen (secondary N) is 1. The molecule has 10 heteroatoms. The van der Waals surface area contributed by atoms with Crippen LogP contribution in [0.1, 0.15) is 6.92 Å². The highest BCUT2D eigenvalue weighted by Gasteiger charge is 2.22. The van der Waals surface area contributed by atoms with E-state index in [-0.39, 0.29) is 42.0 Å². The monoisotopic (exact) mass is 482 g/mol. The van der Waals surface area contributed by atoms with E-state index in [2.05, 4.69) is 15.3 Å². The summed E-state index contributed by atoms with van der Waals surface area (Å²) in [5.41, 5.74) is 4.19. The molecule has 0 radical (unpaired) electrons. The van der Waals surface area contributed by atoms with Crippen LogP contribution in [0.25, 0.3) is 22.3 Å². The Labute approximate surface area is 202 Å². The number of phenols is 3. The molecule has 1 amide bonds. The molecule has 10 nitrogen and oxygen atoms in total. The van der Waals surface area contributed by atoms with Gasteiger partial charge in [-0.3, -0.25) is 0 Å². The molecule has 0 unspecified atom stereocenters. The van der Waals surface area contributed by atoms with Crippen molar-refractivity contribution in [2.24, 2.45) is 5.10 Å². The number of carbonyl (C=O) groups excluding carboxylic acids is 1. The summed E-state index contributed by atoms with van der Waals surface area (Å²) in [6.45, 7) is 1.88. The predicted molar refractivity (Wildman–Crippen MR) is 130 cm³/mol. The van der Waals surface area contributed by atoms with Gasteiger partial charge in [-0.1, -0.05) is 18.2 Å². The van der Waals surface area contributed by atoms with Crippen molar-refractivity contribution >= 4 is 12.3 Å². The van der Waals surface area contributed by atoms with E-state index in [0.29, 0.717) is 28.0 Å². The van der Waals surface area contributed by atoms with E-state index in [1.807, 2.05) is 0 Å². The molecule has 0 aliphatic rings. The van der Waals surface area contributed by atoms with Gasteiger partial charge in [0.15, 0.2) is 23.0 Å². The lowest BCUT2D eigenvalue weighted by Gasteiger charge is -2.18. The maximum Gasteiger partial charge on any atom is 0.427 e. The topological polar surface area (TPSA) is 139 Å². The number of carbonyl (C=O) groups is 1. The number of hydrazone groups is 1. The van der Waals surface area contributed by atoms with Gasteiger partial charge in [0.25, 0.3) is 0 Å². The number of benzene rings is 3. The number of ether oxygens (including phenoxy) is 4. The van der Waals surface area contributed by atoms with Gasteiger partial charge in [0.2, 0.25) is 0 Å². The number of rotatable bonds is 9. The van der Waals surface area contributed by atoms with Crippen LogP contribution in [0.5, 0.6) is 34.5 Å². The first kappa shape index (κ1) is 25.0. The second-order valence-corrected chi connectivity index (χ2v) is 7.07. The van der Waals surface area contributed by atoms with E-state index in [0.717, 1.165) is 0 Å². The van der Waals surface area contributed by atoms with Crippen LogP contribution in [-0.4, -0.2) is 55.1 Å². The van der Waals surface area contributed by atoms with Crippen molar-refractivity contribution < 1.29 is 39.1 Å². The van der Waals surface area contributed by atoms with E-state index in [1.165, 1.54) is 44.7 Å². The SMILES string of the molecule is CCOC(=O)NN=CCOc1ccc(-c2c(OC)cc(-c3ccc(O)cc3)c(OC)c2O)cc1O. The first-order chi connectivity index (χ1) is 16.9. The maximum absolute atomic E-state index is 11.2. The Morgan fingerprint density at radius 2 is 1.69 bits per heavy atom. The minimum Gasteiger partial charge on any atom is -0.508 e. The smallest absolute Gasteiger partial charge is 0.427 e. The summed E-state index contributed by atoms with van der Waals surface area (Å²) in [6.07, 6.45) is 0.614. The third kappa shape index (κ3) is 5.85. The van der Waals surface area contributed by atoms with Gasteiger partial charge in [0.1, 0.15) is 18.1 Å². The Kier molecular flexibility index (Phi) is 8.23. The average Bonchev–Trinajstić information content (AvgIpc) is 2.84. The second kappa shape index (κ2) is 11.5. The fourth-order valence-electron chi connectivity index (χ4n) is 3.35. The van der Waals surface area contributed by atoms with E-state index in [1.54, 1.807) is 31.2 Å². The van der Waals surface area contributed by atoms with Crippen molar-refractivity contribution in [2.75, 3.05) is 27.4 Å². The van der Waals surface area contributed by atoms with Gasteiger partial charge in [0, 0.05) is 5.56 Å². The Balaban J connectivity index is 1.87. The number of methoxy groups -OCH3 is 2. The number of nitrogens with zero attached hydrogens (tertiary/aromatic N) is 1. The molecule has 0 aliphatic carbocycles. The number of amides is 1. The summed E-state index contributed by atoms with van der Waals surface area (Å²) < 4.78 is 21.1. The molecule has 3 aromatic carbocycles. The highest BCUT2D eigenvalue weighted by Crippen LogP contribution is 2.50. The minimum absolute atomic E-state index is 0.0248. The number of hydrogen-bond acceptors (Lipinski definition) is 9. The van der Waals surface area contributed by atoms with Crippen molar-refractivity contribution in [3.05, 3.63) is 48.5 Å². The van der Waals surface area contributed by atoms with Crippen molar-refractivity contribution in [2.45, 2.75) is 6.92 Å². The summed E-state index contributed by atoms with van der Waals surface area (Å²) in [5.74, 6) is 0.466. The Bertz CT molecular complexity index is 1210. The zero-order valence-corrected chi connectivity index (χ0v) is 19.4. The summed E-state index contributed by atoms with van der Waals surface area (Å²) >= 11 is 0. The van der Waals surface area contributed by atoms with Gasteiger partial charge in [-0.15, -0.1) is 0 Å². The number of hydrogen-bond donors (Lipinski definition) is 4. The van der Waals surface area contributed by atoms with Crippen molar-refractivity contribution in [3.8, 4) is 56.8 Å². The molecule has 0 heterocycles. The Hall–Kier alpha value is -4.60. The van der Waals surface area contributed by atoms with E-state index >= 15 is 0 Å². The predicted octanol–water partition coefficient (Wildman–Crippen LogP) is 4.27. The molecule has 0 aromatic heterocycles. The van der Waals surface area contributed by atoms with Crippen LogP contribution in [0, 0.1) is 0 Å². The summed E-state index contributed by atoms with van der Waals surface area (Å²) in [6, 6.07) is 12.7. The van der Waals surface area contributed by atoms with Crippen molar-refractivity contribution in [3.63, 3.8) is 0 Å². The molecular formula is C25H26N2O8. The standard InChI is InChI=1S/C25H26N2O8/c1-4-34-25(31)27-26-11-12-35-20-10-7-16(13-19(20)29)22-21(32-2)14-18(24(33-3)23(22)30)15-5-8-17(28)9-6-15/h5-11,13-14,28-30H,4,12H2,1-3H3,(H,27,31). The normalized spacial score (nSPS) is 10.7. The summed E-state index contributed by atoms with van der Waals surface area (Å²) in [5, 5.41) is 34.8. The lowest BCUT2D eigenvalue weighted by Crippen LogP contribution is -2.19. The van der Waals surface area contributed by atoms with E-state index < -0.39 is 6.09 Å². The lowest BCUT2D eigenvalue weighted by atomic mass is 9.96. The molecule has 0 aliphatic heterocycles. The molecule has 35 heavy (non-hydrogen) atoms. The lowest BCUT2D eigenvalue weighted by molar-refractivity contribution is 0.152. The molecule has 0 bridgehead atoms. The fraction of sp³-hybridized carbons (Fsp3) is 0.200. The maximum atomic E-state index is 11.2. The molecule has 0 saturated heterocycles. The molecule has 4 N–H and O–H groups in total. The third-order valence-corrected chi connectivity index (χ3v) is 4.90. The molecule has 0 fully saturated rings. The van der Waals surface area contributed by atoms with Crippen LogP contribution in [0.2, 0.25) is 0 Å². The molecule has 0 spiro atoms. The first-order valence-electron chi connectivity index (χ1n) is 10.6. The number of aromatic hydroxyl groups is 3. The molecule has 3 aromatic rings. The zero-order chi connectivity index (χ0) is 25.4. The van der Waals surface area contributed by atoms with E-state index in [4.69, 9.17) is 14.2 Å². The molecule has 0 saturated carbocycles. The van der Waals surface area contributed by atoms with Gasteiger partial charge >= 0.3 is 6.09 Å². The first-order valence-corrected chi connectivity index (χ1v) is 10.6. The van der Waals surface area contributed by atoms with Gasteiger partial charge in [-0.05, 0) is 48.4 Å². The van der Waals surface area contributed by atoms with Crippen LogP contribution in [0.15, 0.2) is 53.6 Å². The molecule has 0 atom stereocenters. The highest BCUT2D eigenvalue weighted by atomic mass is 16.6. The van der Waals surface area contributed by atoms with E-state index in [9.17, 15) is 20.1 Å². The van der Waals surface area contributed by atoms with Gasteiger partial charge in [0.05, 0.1) is 32.6 Å². The van der Waals surface area contributed by atoms with Crippen LogP contribution in [-0.2, 0) is 4.74 Å². The quantitative estimate of drug-likeness (QED) is 0.262. The van der Waals surface area contributed by atoms with Crippen molar-refractivity contribution in [1.82, 2.24) is 5.43 Å². The third-order valence-electron chi connectivity index (χ3n) is 4.90. The second-order valence-electron chi connectivity index (χ2n) is 7.07. The Morgan fingerprint density at radius 1 is 0.971 bits per heavy atom. The van der Waals surface area contributed by atoms with Crippen LogP contribution in [0.4, 0.5) is 4.79 Å². The van der Waals surface area contributed by atoms with Crippen LogP contribution < -0.4 is 19.6 Å². The molecular weight excluding hydrogens is 456 g/mol. The van der Waals surface area contributed by atoms with Crippen LogP contribution in [0.3, 0.4) is 0 Å². The summed E-state index contributed by atoms with van der Waals surface area (Å²) in [7, 11) is 2.90. The number of phenolic OH excluding ortho intramolecular Hbond substituents is 3. The largest absolute Gasteiger partial charge is 0.508 e. The fourth-order valence-corrected chi connectivity index (χ4v) is 3.35. The minimum atomic E-state index is -0.684. The Morgan fingerprint density at radius 3 is 2.31 bits per heavy atom. The average molecular weight is 482 g/mol. The summed E-state index contributed by atoms with van der Waals surface area (Å²) in [4.78, 5) is 11.2. The van der Waals surface area contributed by atoms with Crippen LogP contribution >= 0.6 is 0 Å². The van der Waals surface area contributed by atoms with Gasteiger partial charge in [-0.25, -0.2) is 10.2 Å². The van der Waals surface area contributed by atoms with Gasteiger partial charge in [-0.2, -0.15) is 5.10 Å². The molecule has 3 rings (SSSR count). The van der Waals surface area contributed by atoms with Crippen molar-refractivity contribution in [1.29, 1.82) is 0 Å². The molecule has 184 valence electrons. The highest BCUT2D eigenvalue weighted by molar-refractivity contribution is 5.88. The zero-order valence-electron chi connectivity index (χ0n) is 19.4.